The predicted octanol–water partition coefficient (Wildman–Crippen LogP) is 9.61. The van der Waals surface area contributed by atoms with Crippen LogP contribution >= 0.6 is 0 Å². The molecule has 194 valence electrons. The van der Waals surface area contributed by atoms with Crippen LogP contribution in [0.2, 0.25) is 0 Å². The van der Waals surface area contributed by atoms with E-state index in [0.717, 1.165) is 11.5 Å². The lowest BCUT2D eigenvalue weighted by Crippen LogP contribution is -2.29. The van der Waals surface area contributed by atoms with E-state index in [1.807, 2.05) is 19.1 Å². The number of carbonyl (C=O) groups is 1. The molecule has 0 spiro atoms. The summed E-state index contributed by atoms with van der Waals surface area (Å²) >= 11 is 0. The van der Waals surface area contributed by atoms with Crippen molar-refractivity contribution in [3.63, 3.8) is 0 Å². The monoisotopic (exact) mass is 487 g/mol. The molecule has 0 amide bonds. The van der Waals surface area contributed by atoms with Crippen LogP contribution < -0.4 is 4.74 Å². The molecule has 3 nitrogen and oxygen atoms in total. The van der Waals surface area contributed by atoms with E-state index < -0.39 is 11.4 Å². The van der Waals surface area contributed by atoms with Gasteiger partial charge in [0.1, 0.15) is 5.75 Å². The molecule has 0 aliphatic heterocycles. The molecule has 0 bridgehead atoms. The molecule has 0 aromatic heterocycles. The maximum Gasteiger partial charge on any atom is 0.331 e. The van der Waals surface area contributed by atoms with Gasteiger partial charge in [-0.25, -0.2) is 4.79 Å². The van der Waals surface area contributed by atoms with Crippen LogP contribution in [0.25, 0.3) is 11.1 Å². The molecule has 3 heteroatoms. The van der Waals surface area contributed by atoms with Crippen molar-refractivity contribution in [2.45, 2.75) is 110 Å². The van der Waals surface area contributed by atoms with Gasteiger partial charge in [-0.2, -0.15) is 5.26 Å². The first-order valence-electron chi connectivity index (χ1n) is 14.3. The van der Waals surface area contributed by atoms with Crippen molar-refractivity contribution in [1.82, 2.24) is 0 Å². The summed E-state index contributed by atoms with van der Waals surface area (Å²) in [5.41, 5.74) is 2.62. The molecule has 0 N–H and O–H groups in total. The fourth-order valence-corrected chi connectivity index (χ4v) is 5.33. The molecule has 0 heterocycles. The summed E-state index contributed by atoms with van der Waals surface area (Å²) in [7, 11) is 0. The van der Waals surface area contributed by atoms with E-state index in [4.69, 9.17) is 4.74 Å². The zero-order chi connectivity index (χ0) is 25.8. The van der Waals surface area contributed by atoms with Crippen molar-refractivity contribution in [2.75, 3.05) is 0 Å². The highest BCUT2D eigenvalue weighted by Gasteiger charge is 2.33. The van der Waals surface area contributed by atoms with Gasteiger partial charge in [0.25, 0.3) is 0 Å². The molecule has 0 saturated heterocycles. The molecule has 2 aromatic carbocycles. The van der Waals surface area contributed by atoms with Crippen LogP contribution in [-0.4, -0.2) is 5.97 Å². The summed E-state index contributed by atoms with van der Waals surface area (Å²) in [4.78, 5) is 12.3. The highest BCUT2D eigenvalue weighted by molar-refractivity contribution is 5.81. The Morgan fingerprint density at radius 1 is 0.861 bits per heavy atom. The molecular formula is C33H45NO2. The van der Waals surface area contributed by atoms with Crippen LogP contribution in [0.5, 0.6) is 5.75 Å². The highest BCUT2D eigenvalue weighted by Crippen LogP contribution is 2.38. The van der Waals surface area contributed by atoms with E-state index >= 15 is 0 Å². The molecule has 1 atom stereocenters. The lowest BCUT2D eigenvalue weighted by molar-refractivity contribution is -0.141. The standard InChI is InChI=1S/C33H45NO2/c1-4-6-7-8-9-10-11-12-26-13-15-27(16-14-26)28-17-19-29(20-18-28)30-21-23-31(24-22-30)36-32(35)33(3,5-2)25-34/h17-24,26-27H,4-16H2,1-3H3. The van der Waals surface area contributed by atoms with Gasteiger partial charge in [0, 0.05) is 0 Å². The lowest BCUT2D eigenvalue weighted by Gasteiger charge is -2.29. The molecule has 36 heavy (non-hydrogen) atoms. The van der Waals surface area contributed by atoms with Gasteiger partial charge in [-0.05, 0) is 79.7 Å². The number of rotatable bonds is 13. The van der Waals surface area contributed by atoms with Crippen LogP contribution in [0, 0.1) is 22.7 Å². The third-order valence-electron chi connectivity index (χ3n) is 8.25. The Bertz CT molecular complexity index is 964. The minimum absolute atomic E-state index is 0.424. The van der Waals surface area contributed by atoms with E-state index in [2.05, 4.69) is 37.3 Å². The minimum atomic E-state index is -1.11. The smallest absolute Gasteiger partial charge is 0.331 e. The second-order valence-corrected chi connectivity index (χ2v) is 11.0. The second kappa shape index (κ2) is 14.2. The molecule has 0 radical (unpaired) electrons. The summed E-state index contributed by atoms with van der Waals surface area (Å²) in [6.45, 7) is 5.72. The van der Waals surface area contributed by atoms with Crippen molar-refractivity contribution in [1.29, 1.82) is 5.26 Å². The molecule has 1 aliphatic rings. The normalized spacial score (nSPS) is 19.3. The molecule has 1 saturated carbocycles. The molecule has 3 rings (SSSR count). The van der Waals surface area contributed by atoms with Crippen molar-refractivity contribution in [3.8, 4) is 22.9 Å². The van der Waals surface area contributed by atoms with Crippen molar-refractivity contribution in [2.24, 2.45) is 11.3 Å². The zero-order valence-corrected chi connectivity index (χ0v) is 22.7. The second-order valence-electron chi connectivity index (χ2n) is 11.0. The number of benzene rings is 2. The SMILES string of the molecule is CCCCCCCCCC1CCC(c2ccc(-c3ccc(OC(=O)C(C)(C#N)CC)cc3)cc2)CC1. The predicted molar refractivity (Wildman–Crippen MR) is 149 cm³/mol. The molecule has 1 aliphatic carbocycles. The number of nitriles is 1. The number of nitrogens with zero attached hydrogens (tertiary/aromatic N) is 1. The van der Waals surface area contributed by atoms with Gasteiger partial charge >= 0.3 is 5.97 Å². The van der Waals surface area contributed by atoms with E-state index in [1.165, 1.54) is 88.2 Å². The van der Waals surface area contributed by atoms with Gasteiger partial charge < -0.3 is 4.74 Å². The largest absolute Gasteiger partial charge is 0.425 e. The average molecular weight is 488 g/mol. The Labute approximate surface area is 219 Å². The Morgan fingerprint density at radius 2 is 1.42 bits per heavy atom. The third kappa shape index (κ3) is 7.95. The van der Waals surface area contributed by atoms with Crippen LogP contribution in [-0.2, 0) is 4.79 Å². The first-order valence-corrected chi connectivity index (χ1v) is 14.3. The van der Waals surface area contributed by atoms with E-state index in [0.29, 0.717) is 18.1 Å². The van der Waals surface area contributed by atoms with E-state index in [1.54, 1.807) is 19.1 Å². The first kappa shape index (κ1) is 28.0. The maximum absolute atomic E-state index is 12.3. The maximum atomic E-state index is 12.3. The quantitative estimate of drug-likeness (QED) is 0.160. The first-order chi connectivity index (χ1) is 17.5. The van der Waals surface area contributed by atoms with Gasteiger partial charge in [-0.1, -0.05) is 102 Å². The fourth-order valence-electron chi connectivity index (χ4n) is 5.33. The summed E-state index contributed by atoms with van der Waals surface area (Å²) in [5, 5.41) is 9.28. The van der Waals surface area contributed by atoms with Crippen LogP contribution in [0.3, 0.4) is 0 Å². The summed E-state index contributed by atoms with van der Waals surface area (Å²) in [5.74, 6) is 1.61. The van der Waals surface area contributed by atoms with E-state index in [-0.39, 0.29) is 0 Å². The highest BCUT2D eigenvalue weighted by atomic mass is 16.5. The van der Waals surface area contributed by atoms with Gasteiger partial charge in [-0.3, -0.25) is 0 Å². The van der Waals surface area contributed by atoms with Crippen molar-refractivity contribution >= 4 is 5.97 Å². The van der Waals surface area contributed by atoms with Crippen LogP contribution in [0.15, 0.2) is 48.5 Å². The Balaban J connectivity index is 1.44. The number of unbranched alkanes of at least 4 members (excludes halogenated alkanes) is 6. The van der Waals surface area contributed by atoms with Gasteiger partial charge in [0.2, 0.25) is 0 Å². The minimum Gasteiger partial charge on any atom is -0.425 e. The number of hydrogen-bond donors (Lipinski definition) is 0. The number of hydrogen-bond acceptors (Lipinski definition) is 3. The van der Waals surface area contributed by atoms with Crippen molar-refractivity contribution < 1.29 is 9.53 Å². The summed E-state index contributed by atoms with van der Waals surface area (Å²) in [6, 6.07) is 18.6. The topological polar surface area (TPSA) is 50.1 Å². The van der Waals surface area contributed by atoms with Gasteiger partial charge in [0.05, 0.1) is 6.07 Å². The summed E-state index contributed by atoms with van der Waals surface area (Å²) in [6.07, 6.45) is 17.1. The van der Waals surface area contributed by atoms with Gasteiger partial charge in [0.15, 0.2) is 5.41 Å². The number of carbonyl (C=O) groups excluding carboxylic acids is 1. The molecule has 2 aromatic rings. The van der Waals surface area contributed by atoms with E-state index in [9.17, 15) is 10.1 Å². The average Bonchev–Trinajstić information content (AvgIpc) is 2.93. The molecule has 1 unspecified atom stereocenters. The summed E-state index contributed by atoms with van der Waals surface area (Å²) < 4.78 is 5.45. The van der Waals surface area contributed by atoms with Gasteiger partial charge in [-0.15, -0.1) is 0 Å². The van der Waals surface area contributed by atoms with Crippen LogP contribution in [0.4, 0.5) is 0 Å². The number of esters is 1. The Kier molecular flexibility index (Phi) is 11.1. The van der Waals surface area contributed by atoms with Crippen molar-refractivity contribution in [3.05, 3.63) is 54.1 Å². The number of ether oxygens (including phenoxy) is 1. The third-order valence-corrected chi connectivity index (χ3v) is 8.25. The zero-order valence-electron chi connectivity index (χ0n) is 22.7. The van der Waals surface area contributed by atoms with Crippen LogP contribution in [0.1, 0.15) is 116 Å². The fraction of sp³-hybridized carbons (Fsp3) is 0.576. The Morgan fingerprint density at radius 3 is 1.97 bits per heavy atom. The molecule has 1 fully saturated rings. The lowest BCUT2D eigenvalue weighted by atomic mass is 9.77. The molecular weight excluding hydrogens is 442 g/mol. The Hall–Kier alpha value is -2.60.